The van der Waals surface area contributed by atoms with Crippen LogP contribution in [0.2, 0.25) is 0 Å². The molecule has 0 aliphatic carbocycles. The van der Waals surface area contributed by atoms with Crippen LogP contribution in [0, 0.1) is 27.7 Å². The molecule has 0 atom stereocenters. The number of esters is 1. The fourth-order valence-corrected chi connectivity index (χ4v) is 5.51. The van der Waals surface area contributed by atoms with Gasteiger partial charge in [-0.2, -0.15) is 0 Å². The fourth-order valence-electron chi connectivity index (χ4n) is 3.41. The van der Waals surface area contributed by atoms with Crippen LogP contribution in [0.4, 0.5) is 5.00 Å². The number of aromatic nitrogens is 2. The van der Waals surface area contributed by atoms with E-state index in [0.717, 1.165) is 20.9 Å². The van der Waals surface area contributed by atoms with E-state index in [4.69, 9.17) is 9.72 Å². The molecule has 1 N–H and O–H groups in total. The Balaban J connectivity index is 1.99. The maximum absolute atomic E-state index is 13.3. The van der Waals surface area contributed by atoms with Crippen molar-refractivity contribution < 1.29 is 14.3 Å². The molecule has 1 amide bonds. The monoisotopic (exact) mass is 476 g/mol. The Morgan fingerprint density at radius 3 is 2.38 bits per heavy atom. The zero-order chi connectivity index (χ0) is 23.7. The van der Waals surface area contributed by atoms with Crippen LogP contribution in [0.25, 0.3) is 10.2 Å². The first-order valence-electron chi connectivity index (χ1n) is 10.3. The van der Waals surface area contributed by atoms with E-state index in [0.29, 0.717) is 33.2 Å². The van der Waals surface area contributed by atoms with Gasteiger partial charge in [-0.3, -0.25) is 14.2 Å². The Morgan fingerprint density at radius 1 is 1.09 bits per heavy atom. The third kappa shape index (κ3) is 4.62. The van der Waals surface area contributed by atoms with Crippen molar-refractivity contribution in [1.82, 2.24) is 14.5 Å². The van der Waals surface area contributed by atoms with Crippen LogP contribution < -0.4 is 10.9 Å². The summed E-state index contributed by atoms with van der Waals surface area (Å²) in [5.74, 6) is -0.347. The van der Waals surface area contributed by atoms with Crippen molar-refractivity contribution in [3.05, 3.63) is 42.6 Å². The SMILES string of the molecule is CCOC(=O)c1c(NC(=O)Cn2c(CN(C)C)nc3sc(C)c(C)c3c2=O)sc(C)c1C. The van der Waals surface area contributed by atoms with Crippen LogP contribution >= 0.6 is 22.7 Å². The van der Waals surface area contributed by atoms with Gasteiger partial charge in [0.15, 0.2) is 0 Å². The normalized spacial score (nSPS) is 11.4. The average molecular weight is 477 g/mol. The maximum atomic E-state index is 13.3. The average Bonchev–Trinajstić information content (AvgIpc) is 3.13. The number of aryl methyl sites for hydroxylation is 3. The Labute approximate surface area is 194 Å². The molecular weight excluding hydrogens is 448 g/mol. The summed E-state index contributed by atoms with van der Waals surface area (Å²) in [6.07, 6.45) is 0. The summed E-state index contributed by atoms with van der Waals surface area (Å²) in [5.41, 5.74) is 1.80. The van der Waals surface area contributed by atoms with Crippen LogP contribution in [-0.4, -0.2) is 47.0 Å². The summed E-state index contributed by atoms with van der Waals surface area (Å²) >= 11 is 2.80. The molecule has 0 saturated heterocycles. The molecule has 0 saturated carbocycles. The highest BCUT2D eigenvalue weighted by atomic mass is 32.1. The van der Waals surface area contributed by atoms with Crippen molar-refractivity contribution in [2.45, 2.75) is 47.7 Å². The second-order valence-electron chi connectivity index (χ2n) is 7.88. The molecule has 0 fully saturated rings. The molecule has 10 heteroatoms. The molecule has 0 spiro atoms. The number of hydrogen-bond donors (Lipinski definition) is 1. The van der Waals surface area contributed by atoms with Crippen molar-refractivity contribution in [2.24, 2.45) is 0 Å². The summed E-state index contributed by atoms with van der Waals surface area (Å²) in [7, 11) is 3.77. The standard InChI is InChI=1S/C22H28N4O4S2/c1-8-30-22(29)18-12(3)14(5)32-20(18)24-16(27)10-26-15(9-25(6)7)23-19-17(21(26)28)11(2)13(4)31-19/h8-10H2,1-7H3,(H,24,27). The number of ether oxygens (including phenoxy) is 1. The molecule has 3 aromatic rings. The van der Waals surface area contributed by atoms with Gasteiger partial charge in [0, 0.05) is 9.75 Å². The Morgan fingerprint density at radius 2 is 1.75 bits per heavy atom. The largest absolute Gasteiger partial charge is 0.462 e. The van der Waals surface area contributed by atoms with Gasteiger partial charge in [0.2, 0.25) is 5.91 Å². The van der Waals surface area contributed by atoms with Crippen molar-refractivity contribution in [2.75, 3.05) is 26.0 Å². The fraction of sp³-hybridized carbons (Fsp3) is 0.455. The number of anilines is 1. The van der Waals surface area contributed by atoms with E-state index in [1.807, 2.05) is 46.7 Å². The molecule has 3 heterocycles. The molecule has 3 rings (SSSR count). The molecule has 0 unspecified atom stereocenters. The van der Waals surface area contributed by atoms with Crippen LogP contribution in [0.5, 0.6) is 0 Å². The van der Waals surface area contributed by atoms with Crippen LogP contribution in [0.1, 0.15) is 44.0 Å². The van der Waals surface area contributed by atoms with Crippen molar-refractivity contribution in [1.29, 1.82) is 0 Å². The minimum atomic E-state index is -0.470. The van der Waals surface area contributed by atoms with Crippen molar-refractivity contribution in [3.63, 3.8) is 0 Å². The summed E-state index contributed by atoms with van der Waals surface area (Å²) in [4.78, 5) is 48.0. The molecule has 32 heavy (non-hydrogen) atoms. The molecule has 172 valence electrons. The summed E-state index contributed by atoms with van der Waals surface area (Å²) in [6.45, 7) is 9.77. The molecule has 0 aliphatic heterocycles. The second-order valence-corrected chi connectivity index (χ2v) is 10.3. The zero-order valence-corrected chi connectivity index (χ0v) is 21.0. The predicted molar refractivity (Wildman–Crippen MR) is 129 cm³/mol. The zero-order valence-electron chi connectivity index (χ0n) is 19.4. The van der Waals surface area contributed by atoms with E-state index in [1.165, 1.54) is 27.2 Å². The van der Waals surface area contributed by atoms with Gasteiger partial charge in [0.05, 0.1) is 24.1 Å². The van der Waals surface area contributed by atoms with Crippen LogP contribution in [0.15, 0.2) is 4.79 Å². The molecular formula is C22H28N4O4S2. The van der Waals surface area contributed by atoms with Crippen molar-refractivity contribution in [3.8, 4) is 0 Å². The molecule has 3 aromatic heterocycles. The van der Waals surface area contributed by atoms with Crippen LogP contribution in [0.3, 0.4) is 0 Å². The van der Waals surface area contributed by atoms with Crippen molar-refractivity contribution >= 4 is 49.8 Å². The lowest BCUT2D eigenvalue weighted by atomic mass is 10.1. The number of rotatable bonds is 7. The number of hydrogen-bond acceptors (Lipinski definition) is 8. The van der Waals surface area contributed by atoms with Gasteiger partial charge in [0.1, 0.15) is 22.2 Å². The van der Waals surface area contributed by atoms with E-state index in [2.05, 4.69) is 5.32 Å². The Hall–Kier alpha value is -2.56. The van der Waals surface area contributed by atoms with Gasteiger partial charge in [-0.15, -0.1) is 22.7 Å². The first kappa shape index (κ1) is 24.1. The van der Waals surface area contributed by atoms with E-state index >= 15 is 0 Å². The minimum absolute atomic E-state index is 0.197. The highest BCUT2D eigenvalue weighted by Gasteiger charge is 2.23. The summed E-state index contributed by atoms with van der Waals surface area (Å²) in [6, 6.07) is 0. The van der Waals surface area contributed by atoms with Crippen LogP contribution in [-0.2, 0) is 22.6 Å². The Bertz CT molecular complexity index is 1250. The van der Waals surface area contributed by atoms with Gasteiger partial charge < -0.3 is 15.0 Å². The second kappa shape index (κ2) is 9.51. The highest BCUT2D eigenvalue weighted by Crippen LogP contribution is 2.33. The first-order chi connectivity index (χ1) is 15.0. The molecule has 0 radical (unpaired) electrons. The molecule has 0 aromatic carbocycles. The smallest absolute Gasteiger partial charge is 0.341 e. The number of thiophene rings is 2. The van der Waals surface area contributed by atoms with Gasteiger partial charge in [0.25, 0.3) is 5.56 Å². The minimum Gasteiger partial charge on any atom is -0.462 e. The third-order valence-corrected chi connectivity index (χ3v) is 7.47. The van der Waals surface area contributed by atoms with Gasteiger partial charge >= 0.3 is 5.97 Å². The van der Waals surface area contributed by atoms with E-state index in [-0.39, 0.29) is 18.7 Å². The summed E-state index contributed by atoms with van der Waals surface area (Å²) in [5, 5.41) is 3.80. The molecule has 0 aliphatic rings. The predicted octanol–water partition coefficient (Wildman–Crippen LogP) is 3.63. The Kier molecular flexibility index (Phi) is 7.16. The lowest BCUT2D eigenvalue weighted by Crippen LogP contribution is -2.33. The number of carbonyl (C=O) groups excluding carboxylic acids is 2. The number of amides is 1. The van der Waals surface area contributed by atoms with Gasteiger partial charge in [-0.1, -0.05) is 0 Å². The topological polar surface area (TPSA) is 93.5 Å². The lowest BCUT2D eigenvalue weighted by molar-refractivity contribution is -0.116. The van der Waals surface area contributed by atoms with E-state index in [1.54, 1.807) is 6.92 Å². The quantitative estimate of drug-likeness (QED) is 0.524. The first-order valence-corrected chi connectivity index (χ1v) is 11.9. The van der Waals surface area contributed by atoms with E-state index in [9.17, 15) is 14.4 Å². The summed E-state index contributed by atoms with van der Waals surface area (Å²) < 4.78 is 6.58. The number of carbonyl (C=O) groups is 2. The maximum Gasteiger partial charge on any atom is 0.341 e. The van der Waals surface area contributed by atoms with Gasteiger partial charge in [-0.05, 0) is 59.8 Å². The third-order valence-electron chi connectivity index (χ3n) is 5.25. The number of nitrogens with zero attached hydrogens (tertiary/aromatic N) is 3. The van der Waals surface area contributed by atoms with E-state index < -0.39 is 11.9 Å². The number of nitrogens with one attached hydrogen (secondary N) is 1. The molecule has 0 bridgehead atoms. The molecule has 8 nitrogen and oxygen atoms in total. The highest BCUT2D eigenvalue weighted by molar-refractivity contribution is 7.18. The number of fused-ring (bicyclic) bond motifs is 1. The lowest BCUT2D eigenvalue weighted by Gasteiger charge is -2.16. The van der Waals surface area contributed by atoms with Gasteiger partial charge in [-0.25, -0.2) is 9.78 Å².